The molecule has 0 saturated carbocycles. The van der Waals surface area contributed by atoms with E-state index < -0.39 is 6.10 Å². The average Bonchev–Trinajstić information content (AvgIpc) is 3.28. The van der Waals surface area contributed by atoms with Crippen molar-refractivity contribution in [3.8, 4) is 0 Å². The quantitative estimate of drug-likeness (QED) is 0.0262. The van der Waals surface area contributed by atoms with Crippen LogP contribution in [0.25, 0.3) is 0 Å². The minimum absolute atomic E-state index is 0.0964. The number of unbranched alkanes of at least 4 members (excludes halogenated alkanes) is 27. The predicted octanol–water partition coefficient (Wildman–Crippen LogP) is 17.6. The van der Waals surface area contributed by atoms with Gasteiger partial charge in [-0.3, -0.25) is 14.4 Å². The van der Waals surface area contributed by atoms with Crippen molar-refractivity contribution in [2.24, 2.45) is 0 Å². The summed E-state index contributed by atoms with van der Waals surface area (Å²) >= 11 is 0. The van der Waals surface area contributed by atoms with Gasteiger partial charge in [-0.1, -0.05) is 223 Å². The van der Waals surface area contributed by atoms with E-state index in [4.69, 9.17) is 14.2 Å². The standard InChI is InChI=1S/C57H100O6/c1-4-7-10-13-16-19-22-25-27-28-30-33-36-39-42-45-48-51-57(60)63-54(52-61-55(58)49-46-43-40-37-34-31-24-21-18-15-12-9-6-3)53-62-56(59)50-47-44-41-38-35-32-29-26-23-20-17-14-11-8-5-2/h16,19,25-27,29-30,33,39,42,54H,4-15,17-18,20-24,28,31-32,34-38,40-41,43-53H2,1-3H3/b19-16-,27-25-,29-26-,33-30-,42-39-/t54-/m0/s1. The van der Waals surface area contributed by atoms with Crippen molar-refractivity contribution in [2.75, 3.05) is 13.2 Å². The third-order valence-corrected chi connectivity index (χ3v) is 11.5. The number of rotatable bonds is 48. The maximum Gasteiger partial charge on any atom is 0.306 e. The zero-order valence-corrected chi connectivity index (χ0v) is 41.6. The van der Waals surface area contributed by atoms with Crippen LogP contribution in [0, 0.1) is 0 Å². The van der Waals surface area contributed by atoms with E-state index in [9.17, 15) is 14.4 Å². The Labute approximate surface area is 390 Å². The molecule has 0 aliphatic heterocycles. The first-order valence-electron chi connectivity index (χ1n) is 26.8. The second-order valence-electron chi connectivity index (χ2n) is 17.8. The van der Waals surface area contributed by atoms with Gasteiger partial charge < -0.3 is 14.2 Å². The van der Waals surface area contributed by atoms with Gasteiger partial charge in [-0.2, -0.15) is 0 Å². The molecule has 0 aromatic carbocycles. The lowest BCUT2D eigenvalue weighted by Gasteiger charge is -2.18. The molecule has 0 spiro atoms. The van der Waals surface area contributed by atoms with Crippen molar-refractivity contribution in [2.45, 2.75) is 271 Å². The Morgan fingerprint density at radius 2 is 0.587 bits per heavy atom. The van der Waals surface area contributed by atoms with Gasteiger partial charge in [-0.05, 0) is 83.5 Å². The van der Waals surface area contributed by atoms with E-state index in [0.717, 1.165) is 70.6 Å². The molecular weight excluding hydrogens is 781 g/mol. The van der Waals surface area contributed by atoms with Crippen LogP contribution in [0.4, 0.5) is 0 Å². The van der Waals surface area contributed by atoms with E-state index in [2.05, 4.69) is 81.5 Å². The Kier molecular flexibility index (Phi) is 49.4. The Hall–Kier alpha value is -2.89. The predicted molar refractivity (Wildman–Crippen MR) is 270 cm³/mol. The van der Waals surface area contributed by atoms with Crippen molar-refractivity contribution >= 4 is 17.9 Å². The van der Waals surface area contributed by atoms with E-state index in [-0.39, 0.29) is 37.5 Å². The second-order valence-corrected chi connectivity index (χ2v) is 17.8. The molecule has 0 unspecified atom stereocenters. The Morgan fingerprint density at radius 1 is 0.317 bits per heavy atom. The Morgan fingerprint density at radius 3 is 0.984 bits per heavy atom. The normalized spacial score (nSPS) is 12.5. The minimum atomic E-state index is -0.803. The smallest absolute Gasteiger partial charge is 0.306 e. The molecule has 0 radical (unpaired) electrons. The van der Waals surface area contributed by atoms with E-state index in [1.165, 1.54) is 148 Å². The van der Waals surface area contributed by atoms with Gasteiger partial charge in [0.1, 0.15) is 13.2 Å². The maximum absolute atomic E-state index is 12.8. The van der Waals surface area contributed by atoms with Gasteiger partial charge in [0.2, 0.25) is 0 Å². The van der Waals surface area contributed by atoms with Crippen molar-refractivity contribution < 1.29 is 28.6 Å². The number of carbonyl (C=O) groups excluding carboxylic acids is 3. The van der Waals surface area contributed by atoms with Crippen molar-refractivity contribution in [1.29, 1.82) is 0 Å². The molecule has 6 nitrogen and oxygen atoms in total. The van der Waals surface area contributed by atoms with Gasteiger partial charge in [0.25, 0.3) is 0 Å². The van der Waals surface area contributed by atoms with E-state index in [0.29, 0.717) is 19.3 Å². The third kappa shape index (κ3) is 50.0. The molecule has 0 amide bonds. The molecule has 63 heavy (non-hydrogen) atoms. The van der Waals surface area contributed by atoms with E-state index in [1.54, 1.807) is 0 Å². The highest BCUT2D eigenvalue weighted by Crippen LogP contribution is 2.15. The van der Waals surface area contributed by atoms with Gasteiger partial charge in [-0.15, -0.1) is 0 Å². The molecule has 1 atom stereocenters. The molecule has 0 aromatic rings. The molecule has 0 heterocycles. The summed E-state index contributed by atoms with van der Waals surface area (Å²) in [5.74, 6) is -0.955. The van der Waals surface area contributed by atoms with Crippen LogP contribution in [0.1, 0.15) is 265 Å². The highest BCUT2D eigenvalue weighted by atomic mass is 16.6. The topological polar surface area (TPSA) is 78.9 Å². The minimum Gasteiger partial charge on any atom is -0.462 e. The fourth-order valence-electron chi connectivity index (χ4n) is 7.43. The third-order valence-electron chi connectivity index (χ3n) is 11.5. The molecule has 0 fully saturated rings. The van der Waals surface area contributed by atoms with Crippen LogP contribution in [0.15, 0.2) is 60.8 Å². The highest BCUT2D eigenvalue weighted by Gasteiger charge is 2.19. The Balaban J connectivity index is 4.47. The van der Waals surface area contributed by atoms with Gasteiger partial charge in [0, 0.05) is 19.3 Å². The fourth-order valence-corrected chi connectivity index (χ4v) is 7.43. The molecule has 0 rings (SSSR count). The lowest BCUT2D eigenvalue weighted by Crippen LogP contribution is -2.30. The highest BCUT2D eigenvalue weighted by molar-refractivity contribution is 5.71. The van der Waals surface area contributed by atoms with Gasteiger partial charge in [0.05, 0.1) is 0 Å². The molecule has 6 heteroatoms. The molecular formula is C57H100O6. The van der Waals surface area contributed by atoms with Gasteiger partial charge >= 0.3 is 17.9 Å². The second kappa shape index (κ2) is 51.7. The lowest BCUT2D eigenvalue weighted by molar-refractivity contribution is -0.167. The molecule has 364 valence electrons. The van der Waals surface area contributed by atoms with Crippen LogP contribution < -0.4 is 0 Å². The molecule has 0 aliphatic carbocycles. The molecule has 0 aromatic heterocycles. The van der Waals surface area contributed by atoms with Crippen LogP contribution in [-0.2, 0) is 28.6 Å². The summed E-state index contributed by atoms with van der Waals surface area (Å²) in [5.41, 5.74) is 0. The van der Waals surface area contributed by atoms with Gasteiger partial charge in [-0.25, -0.2) is 0 Å². The van der Waals surface area contributed by atoms with Crippen molar-refractivity contribution in [1.82, 2.24) is 0 Å². The summed E-state index contributed by atoms with van der Waals surface area (Å²) in [6.07, 6.45) is 63.5. The fraction of sp³-hybridized carbons (Fsp3) is 0.772. The summed E-state index contributed by atoms with van der Waals surface area (Å²) in [7, 11) is 0. The average molecular weight is 881 g/mol. The van der Waals surface area contributed by atoms with E-state index in [1.807, 2.05) is 0 Å². The first-order chi connectivity index (χ1) is 31.0. The number of allylic oxidation sites excluding steroid dienone is 10. The molecule has 0 saturated heterocycles. The van der Waals surface area contributed by atoms with Crippen molar-refractivity contribution in [3.05, 3.63) is 60.8 Å². The number of ether oxygens (including phenoxy) is 3. The van der Waals surface area contributed by atoms with E-state index >= 15 is 0 Å². The zero-order chi connectivity index (χ0) is 45.8. The number of carbonyl (C=O) groups is 3. The van der Waals surface area contributed by atoms with Crippen LogP contribution in [0.5, 0.6) is 0 Å². The maximum atomic E-state index is 12.8. The monoisotopic (exact) mass is 881 g/mol. The number of esters is 3. The van der Waals surface area contributed by atoms with Crippen LogP contribution in [0.3, 0.4) is 0 Å². The van der Waals surface area contributed by atoms with Crippen molar-refractivity contribution in [3.63, 3.8) is 0 Å². The van der Waals surface area contributed by atoms with Crippen LogP contribution in [0.2, 0.25) is 0 Å². The SMILES string of the molecule is CCCCC/C=C\C/C=C\C/C=C\C/C=C\CCCC(=O)O[C@H](COC(=O)CCCCCCC/C=C\CCCCCCCC)COC(=O)CCCCCCCCCCCCCCC. The number of hydrogen-bond acceptors (Lipinski definition) is 6. The molecule has 0 bridgehead atoms. The largest absolute Gasteiger partial charge is 0.462 e. The van der Waals surface area contributed by atoms with Gasteiger partial charge in [0.15, 0.2) is 6.10 Å². The first-order valence-corrected chi connectivity index (χ1v) is 26.8. The number of hydrogen-bond donors (Lipinski definition) is 0. The lowest BCUT2D eigenvalue weighted by atomic mass is 10.0. The summed E-state index contributed by atoms with van der Waals surface area (Å²) in [6, 6.07) is 0. The summed E-state index contributed by atoms with van der Waals surface area (Å²) in [6.45, 7) is 6.56. The summed E-state index contributed by atoms with van der Waals surface area (Å²) < 4.78 is 16.8. The van der Waals surface area contributed by atoms with Crippen LogP contribution in [-0.4, -0.2) is 37.2 Å². The summed E-state index contributed by atoms with van der Waals surface area (Å²) in [4.78, 5) is 38.0. The first kappa shape index (κ1) is 60.1. The molecule has 0 N–H and O–H groups in total. The zero-order valence-electron chi connectivity index (χ0n) is 41.6. The Bertz CT molecular complexity index is 1150. The van der Waals surface area contributed by atoms with Crippen LogP contribution >= 0.6 is 0 Å². The molecule has 0 aliphatic rings. The summed E-state index contributed by atoms with van der Waals surface area (Å²) in [5, 5.41) is 0.